The number of carbonyl (C=O) groups excluding carboxylic acids is 1. The summed E-state index contributed by atoms with van der Waals surface area (Å²) in [4.78, 5) is 17.6. The van der Waals surface area contributed by atoms with E-state index in [1.165, 1.54) is 24.4 Å². The summed E-state index contributed by atoms with van der Waals surface area (Å²) in [7, 11) is -3.36. The summed E-state index contributed by atoms with van der Waals surface area (Å²) in [6, 6.07) is 19.3. The molecule has 1 aromatic heterocycles. The number of anilines is 1. The van der Waals surface area contributed by atoms with Crippen LogP contribution in [0.2, 0.25) is 0 Å². The van der Waals surface area contributed by atoms with Crippen LogP contribution in [0.3, 0.4) is 0 Å². The summed E-state index contributed by atoms with van der Waals surface area (Å²) in [5, 5.41) is 2.47. The zero-order valence-corrected chi connectivity index (χ0v) is 19.6. The third-order valence-electron chi connectivity index (χ3n) is 6.23. The standard InChI is InChI=1S/C27H23FN2O4S/c28-24-12-6-5-11-23(24)25-17-29-27(34-25)22-10-4-3-9-21(22)26(31)30-18-13-15-20(16-14-18)35(32,33)19-7-1-2-8-19/h3-6,9-17,19H,1-2,7-8H2,(H,30,31). The third-order valence-corrected chi connectivity index (χ3v) is 8.51. The van der Waals surface area contributed by atoms with Gasteiger partial charge in [-0.15, -0.1) is 0 Å². The second kappa shape index (κ2) is 9.46. The van der Waals surface area contributed by atoms with Crippen molar-refractivity contribution in [1.29, 1.82) is 0 Å². The van der Waals surface area contributed by atoms with Crippen LogP contribution in [-0.4, -0.2) is 24.6 Å². The number of nitrogens with one attached hydrogen (secondary N) is 1. The fourth-order valence-corrected chi connectivity index (χ4v) is 6.22. The smallest absolute Gasteiger partial charge is 0.256 e. The Bertz CT molecular complexity index is 1470. The molecule has 3 aromatic carbocycles. The first-order chi connectivity index (χ1) is 16.9. The van der Waals surface area contributed by atoms with Gasteiger partial charge in [0.1, 0.15) is 5.82 Å². The van der Waals surface area contributed by atoms with E-state index in [0.29, 0.717) is 29.7 Å². The Hall–Kier alpha value is -3.78. The number of hydrogen-bond donors (Lipinski definition) is 1. The van der Waals surface area contributed by atoms with E-state index in [2.05, 4.69) is 10.3 Å². The molecule has 0 aliphatic heterocycles. The van der Waals surface area contributed by atoms with E-state index >= 15 is 0 Å². The Kier molecular flexibility index (Phi) is 6.21. The van der Waals surface area contributed by atoms with E-state index in [-0.39, 0.29) is 27.4 Å². The molecule has 1 aliphatic carbocycles. The van der Waals surface area contributed by atoms with Crippen LogP contribution in [0.15, 0.2) is 88.3 Å². The fraction of sp³-hybridized carbons (Fsp3) is 0.185. The lowest BCUT2D eigenvalue weighted by Gasteiger charge is -2.12. The van der Waals surface area contributed by atoms with Crippen molar-refractivity contribution in [2.75, 3.05) is 5.32 Å². The van der Waals surface area contributed by atoms with E-state index in [9.17, 15) is 17.6 Å². The molecule has 0 saturated heterocycles. The predicted octanol–water partition coefficient (Wildman–Crippen LogP) is 6.12. The molecule has 6 nitrogen and oxygen atoms in total. The first-order valence-electron chi connectivity index (χ1n) is 11.4. The second-order valence-electron chi connectivity index (χ2n) is 8.49. The number of aromatic nitrogens is 1. The lowest BCUT2D eigenvalue weighted by atomic mass is 10.1. The van der Waals surface area contributed by atoms with Gasteiger partial charge in [-0.2, -0.15) is 0 Å². The van der Waals surface area contributed by atoms with Crippen LogP contribution >= 0.6 is 0 Å². The average molecular weight is 491 g/mol. The number of rotatable bonds is 6. The van der Waals surface area contributed by atoms with Crippen LogP contribution in [0.4, 0.5) is 10.1 Å². The highest BCUT2D eigenvalue weighted by Gasteiger charge is 2.30. The van der Waals surface area contributed by atoms with Crippen LogP contribution in [0, 0.1) is 5.82 Å². The van der Waals surface area contributed by atoms with Crippen molar-refractivity contribution in [3.8, 4) is 22.8 Å². The van der Waals surface area contributed by atoms with Crippen molar-refractivity contribution in [3.05, 3.63) is 90.4 Å². The minimum atomic E-state index is -3.36. The molecule has 0 bridgehead atoms. The summed E-state index contributed by atoms with van der Waals surface area (Å²) >= 11 is 0. The van der Waals surface area contributed by atoms with E-state index in [1.54, 1.807) is 54.6 Å². The van der Waals surface area contributed by atoms with Crippen LogP contribution in [0.1, 0.15) is 36.0 Å². The van der Waals surface area contributed by atoms with Crippen LogP contribution < -0.4 is 5.32 Å². The molecule has 1 fully saturated rings. The van der Waals surface area contributed by atoms with Gasteiger partial charge < -0.3 is 9.73 Å². The molecular weight excluding hydrogens is 467 g/mol. The first kappa shape index (κ1) is 23.0. The van der Waals surface area contributed by atoms with Gasteiger partial charge in [-0.25, -0.2) is 17.8 Å². The lowest BCUT2D eigenvalue weighted by molar-refractivity contribution is 0.102. The van der Waals surface area contributed by atoms with Crippen molar-refractivity contribution in [2.45, 2.75) is 35.8 Å². The van der Waals surface area contributed by atoms with Crippen LogP contribution in [-0.2, 0) is 9.84 Å². The Morgan fingerprint density at radius 3 is 2.29 bits per heavy atom. The number of halogens is 1. The van der Waals surface area contributed by atoms with Gasteiger partial charge in [0.25, 0.3) is 5.91 Å². The molecule has 1 aliphatic rings. The summed E-state index contributed by atoms with van der Waals surface area (Å²) < 4.78 is 45.5. The predicted molar refractivity (Wildman–Crippen MR) is 131 cm³/mol. The monoisotopic (exact) mass is 490 g/mol. The molecule has 178 valence electrons. The van der Waals surface area contributed by atoms with E-state index < -0.39 is 21.6 Å². The maximum Gasteiger partial charge on any atom is 0.256 e. The van der Waals surface area contributed by atoms with Gasteiger partial charge in [-0.05, 0) is 61.4 Å². The number of sulfone groups is 1. The van der Waals surface area contributed by atoms with Gasteiger partial charge >= 0.3 is 0 Å². The molecule has 0 atom stereocenters. The maximum atomic E-state index is 14.1. The zero-order valence-electron chi connectivity index (χ0n) is 18.8. The Balaban J connectivity index is 1.37. The average Bonchev–Trinajstić information content (AvgIpc) is 3.58. The number of carbonyl (C=O) groups is 1. The number of hydrogen-bond acceptors (Lipinski definition) is 5. The minimum Gasteiger partial charge on any atom is -0.436 e. The van der Waals surface area contributed by atoms with Crippen molar-refractivity contribution >= 4 is 21.4 Å². The zero-order chi connectivity index (χ0) is 24.4. The maximum absolute atomic E-state index is 14.1. The second-order valence-corrected chi connectivity index (χ2v) is 10.7. The highest BCUT2D eigenvalue weighted by atomic mass is 32.2. The molecular formula is C27H23FN2O4S. The van der Waals surface area contributed by atoms with E-state index in [0.717, 1.165) is 12.8 Å². The molecule has 0 radical (unpaired) electrons. The topological polar surface area (TPSA) is 89.3 Å². The number of benzene rings is 3. The van der Waals surface area contributed by atoms with E-state index in [4.69, 9.17) is 4.42 Å². The minimum absolute atomic E-state index is 0.187. The Morgan fingerprint density at radius 2 is 1.57 bits per heavy atom. The highest BCUT2D eigenvalue weighted by molar-refractivity contribution is 7.92. The van der Waals surface area contributed by atoms with Gasteiger partial charge in [-0.3, -0.25) is 4.79 Å². The van der Waals surface area contributed by atoms with Gasteiger partial charge in [-0.1, -0.05) is 37.1 Å². The summed E-state index contributed by atoms with van der Waals surface area (Å²) in [6.07, 6.45) is 4.67. The molecule has 4 aromatic rings. The molecule has 5 rings (SSSR count). The molecule has 35 heavy (non-hydrogen) atoms. The van der Waals surface area contributed by atoms with Gasteiger partial charge in [0.15, 0.2) is 15.6 Å². The number of oxazole rings is 1. The lowest BCUT2D eigenvalue weighted by Crippen LogP contribution is -2.18. The molecule has 1 N–H and O–H groups in total. The third kappa shape index (κ3) is 4.61. The molecule has 1 heterocycles. The van der Waals surface area contributed by atoms with Crippen molar-refractivity contribution in [3.63, 3.8) is 0 Å². The van der Waals surface area contributed by atoms with Crippen molar-refractivity contribution in [1.82, 2.24) is 4.98 Å². The molecule has 8 heteroatoms. The molecule has 1 saturated carbocycles. The Morgan fingerprint density at radius 1 is 0.914 bits per heavy atom. The van der Waals surface area contributed by atoms with Gasteiger partial charge in [0.2, 0.25) is 5.89 Å². The number of amides is 1. The summed E-state index contributed by atoms with van der Waals surface area (Å²) in [6.45, 7) is 0. The summed E-state index contributed by atoms with van der Waals surface area (Å²) in [5.41, 5.74) is 1.51. The molecule has 0 spiro atoms. The van der Waals surface area contributed by atoms with E-state index in [1.807, 2.05) is 0 Å². The van der Waals surface area contributed by atoms with Crippen molar-refractivity contribution in [2.24, 2.45) is 0 Å². The van der Waals surface area contributed by atoms with Gasteiger partial charge in [0, 0.05) is 11.3 Å². The van der Waals surface area contributed by atoms with Gasteiger partial charge in [0.05, 0.1) is 27.5 Å². The summed E-state index contributed by atoms with van der Waals surface area (Å²) in [5.74, 6) is -0.392. The highest BCUT2D eigenvalue weighted by Crippen LogP contribution is 2.31. The largest absolute Gasteiger partial charge is 0.436 e. The van der Waals surface area contributed by atoms with Crippen LogP contribution in [0.5, 0.6) is 0 Å². The first-order valence-corrected chi connectivity index (χ1v) is 12.9. The number of nitrogens with zero attached hydrogens (tertiary/aromatic N) is 1. The molecule has 1 amide bonds. The quantitative estimate of drug-likeness (QED) is 0.352. The van der Waals surface area contributed by atoms with Crippen LogP contribution in [0.25, 0.3) is 22.8 Å². The SMILES string of the molecule is O=C(Nc1ccc(S(=O)(=O)C2CCCC2)cc1)c1ccccc1-c1ncc(-c2ccccc2F)o1. The normalized spacial score (nSPS) is 14.2. The van der Waals surface area contributed by atoms with Crippen molar-refractivity contribution < 1.29 is 22.0 Å². The fourth-order valence-electron chi connectivity index (χ4n) is 4.37. The molecule has 0 unspecified atom stereocenters. The Labute approximate surface area is 202 Å².